The van der Waals surface area contributed by atoms with Crippen molar-refractivity contribution in [2.75, 3.05) is 84.2 Å². The highest BCUT2D eigenvalue weighted by molar-refractivity contribution is 7.72. The third-order valence-corrected chi connectivity index (χ3v) is 26.5. The van der Waals surface area contributed by atoms with Gasteiger partial charge < -0.3 is 115 Å². The van der Waals surface area contributed by atoms with Gasteiger partial charge in [-0.05, 0) is 127 Å². The van der Waals surface area contributed by atoms with Gasteiger partial charge in [0.25, 0.3) is 45.6 Å². The Balaban J connectivity index is -0.000000157. The number of ether oxygens (including phenoxy) is 4. The zero-order valence-corrected chi connectivity index (χ0v) is 88.1. The lowest BCUT2D eigenvalue weighted by molar-refractivity contribution is -0.197. The van der Waals surface area contributed by atoms with Crippen molar-refractivity contribution in [1.29, 1.82) is 0 Å². The van der Waals surface area contributed by atoms with Crippen LogP contribution < -0.4 is 16.8 Å². The monoisotopic (exact) mass is 2280 g/mol. The number of aliphatic carboxylic acids is 1. The first kappa shape index (κ1) is 160. The van der Waals surface area contributed by atoms with Gasteiger partial charge in [0.2, 0.25) is 11.1 Å². The lowest BCUT2D eigenvalue weighted by Gasteiger charge is -2.29. The van der Waals surface area contributed by atoms with E-state index in [9.17, 15) is 124 Å². The molecule has 3 fully saturated rings. The molecule has 3 heterocycles. The standard InChI is InChI=1S/C17H30NO9P.C11H22NO8P.2C10H13NO4.C8H16O8P2.C6H15N.C6H10O2.C4H13NO7P2.C4H5NO3.C3H3ClO.CH2Cl2.3CH4/c1-4-7-8-9-15(19)18-10-11-25-28(22,23)26-13-14(27-17(21)6-3)12-24-16(20)5-2;1-3-10(13)17-7-9(20-11(14)4-2)8-19-21(15,16)18-6-5-12;2*1-2-3-4-5-10(14)15-11-8(12)6-7-9(11)13;1-2-7(9)5-3-4-6-8(10,17(11,12)13)18(14,15)16;1-4-7(5-2)6-3;1-2-3-4-5-6(7)8;5-3-1-2-4(6,13(7,8)9)14(10,11)12;6-3-1-2-4(7)5(3)8;1-2-3(4)5;2-1-3;;;/h4,14H,1,5-13H2,2-3H3,(H,18,19)(H,22,23);9H,3-8,12H2,1-2H3,(H,15,16);2*2H,1,3-7H2;2,10H,1,3-6H2,(H2,11,12,13)(H2,14,15,16);4-6H2,1-3H3;2H,1,3-5H2,(H,7,8);6H,1-3,5H2,(H2,7,8,9)(H2,10,11,12);8H,1-2H2;2H,1H2;1H2;3*1H4. The van der Waals surface area contributed by atoms with E-state index in [2.05, 4.69) is 89.2 Å². The number of alkyl halides is 2. The van der Waals surface area contributed by atoms with Gasteiger partial charge in [0.1, 0.15) is 13.2 Å². The Labute approximate surface area is 860 Å². The fraction of sp³-hybridized carbons (Fsp3) is 0.663. The molecule has 0 saturated carbocycles. The van der Waals surface area contributed by atoms with Gasteiger partial charge in [0.05, 0.1) is 31.8 Å². The molecule has 0 aromatic heterocycles. The predicted molar refractivity (Wildman–Crippen MR) is 531 cm³/mol. The van der Waals surface area contributed by atoms with Crippen molar-refractivity contribution >= 4 is 175 Å². The highest BCUT2D eigenvalue weighted by atomic mass is 35.5. The van der Waals surface area contributed by atoms with Crippen LogP contribution in [0.25, 0.3) is 0 Å². The minimum Gasteiger partial charge on any atom is -0.481 e. The van der Waals surface area contributed by atoms with Crippen molar-refractivity contribution in [2.45, 2.75) is 273 Å². The molecule has 0 aromatic carbocycles. The summed E-state index contributed by atoms with van der Waals surface area (Å²) in [4.78, 5) is 274. The number of nitrogens with one attached hydrogen (secondary N) is 1. The highest BCUT2D eigenvalue weighted by Gasteiger charge is 2.60. The maximum atomic E-state index is 11.9. The molecule has 19 N–H and O–H groups in total. The number of nitrogens with zero attached hydrogens (tertiary/aromatic N) is 4. The second-order valence-corrected chi connectivity index (χ2v) is 40.0. The molecule has 53 nitrogen and oxygen atoms in total. The summed E-state index contributed by atoms with van der Waals surface area (Å²) in [7, 11) is -30.1. The molecule has 7 amide bonds. The second-order valence-electron chi connectivity index (χ2n) is 27.9. The van der Waals surface area contributed by atoms with Crippen molar-refractivity contribution in [1.82, 2.24) is 25.4 Å². The number of phosphoric acid groups is 2. The van der Waals surface area contributed by atoms with Crippen LogP contribution in [0.2, 0.25) is 0 Å². The van der Waals surface area contributed by atoms with Gasteiger partial charge in [-0.3, -0.25) is 109 Å². The Morgan fingerprint density at radius 2 is 0.738 bits per heavy atom. The molecule has 0 aliphatic carbocycles. The van der Waals surface area contributed by atoms with E-state index in [0.29, 0.717) is 55.1 Å². The molecule has 62 heteroatoms. The zero-order chi connectivity index (χ0) is 112. The van der Waals surface area contributed by atoms with E-state index in [0.717, 1.165) is 25.0 Å². The molecule has 848 valence electrons. The largest absolute Gasteiger partial charge is 0.481 e. The van der Waals surface area contributed by atoms with E-state index in [1.54, 1.807) is 52.0 Å². The molecule has 0 aromatic rings. The number of hydrogen-bond donors (Lipinski definition) is 17. The van der Waals surface area contributed by atoms with E-state index in [4.69, 9.17) is 124 Å². The normalized spacial score (nSPS) is 13.6. The van der Waals surface area contributed by atoms with Gasteiger partial charge in [-0.15, -0.1) is 59.6 Å². The maximum Gasteiger partial charge on any atom is 0.472 e. The van der Waals surface area contributed by atoms with Crippen LogP contribution in [0.15, 0.2) is 75.9 Å². The van der Waals surface area contributed by atoms with Crippen LogP contribution >= 0.6 is 80.8 Å². The number of carboxylic acids is 1. The molecule has 3 saturated heterocycles. The Kier molecular flexibility index (Phi) is 102. The summed E-state index contributed by atoms with van der Waals surface area (Å²) in [6, 6.07) is 0. The topological polar surface area (TPSA) is 828 Å². The first-order chi connectivity index (χ1) is 65.9. The van der Waals surface area contributed by atoms with Crippen LogP contribution in [-0.4, -0.2) is 290 Å². The van der Waals surface area contributed by atoms with Crippen LogP contribution in [0.1, 0.15) is 251 Å². The third-order valence-electron chi connectivity index (χ3n) is 16.6. The summed E-state index contributed by atoms with van der Waals surface area (Å²) in [6.45, 7) is 35.0. The highest BCUT2D eigenvalue weighted by Crippen LogP contribution is 2.70. The third kappa shape index (κ3) is 85.9. The number of ketones is 1. The summed E-state index contributed by atoms with van der Waals surface area (Å²) in [5.41, 5.74) is 10.1. The number of carbonyl (C=O) groups excluding carboxylic acids is 15. The lowest BCUT2D eigenvalue weighted by Crippen LogP contribution is -2.31. The first-order valence-corrected chi connectivity index (χ1v) is 54.2. The van der Waals surface area contributed by atoms with Crippen LogP contribution in [0, 0.1) is 0 Å². The number of esters is 4. The molecular formula is C83H154Cl3N7O46P6. The molecule has 3 aliphatic rings. The molecule has 145 heavy (non-hydrogen) atoms. The minimum absolute atomic E-state index is 0. The predicted octanol–water partition coefficient (Wildman–Crippen LogP) is 9.72. The number of rotatable bonds is 58. The van der Waals surface area contributed by atoms with Crippen LogP contribution in [0.3, 0.4) is 0 Å². The number of aliphatic hydroxyl groups is 2. The molecule has 3 aliphatic heterocycles. The number of halogens is 3. The van der Waals surface area contributed by atoms with Crippen LogP contribution in [0.5, 0.6) is 0 Å². The quantitative estimate of drug-likeness (QED) is 0.00257. The van der Waals surface area contributed by atoms with Gasteiger partial charge in [-0.2, -0.15) is 5.06 Å². The molecule has 0 radical (unpaired) electrons. The van der Waals surface area contributed by atoms with Gasteiger partial charge >= 0.3 is 87.8 Å². The minimum atomic E-state index is -5.39. The number of phosphoric ester groups is 2. The summed E-state index contributed by atoms with van der Waals surface area (Å²) in [5.74, 6) is -7.26. The Hall–Kier alpha value is -7.59. The molecule has 0 bridgehead atoms. The Morgan fingerprint density at radius 3 is 0.993 bits per heavy atom. The van der Waals surface area contributed by atoms with Crippen molar-refractivity contribution < 1.29 is 220 Å². The van der Waals surface area contributed by atoms with Crippen molar-refractivity contribution in [3.05, 3.63) is 75.9 Å². The smallest absolute Gasteiger partial charge is 0.472 e. The SMILES string of the molecule is C.C.C.C=CC(=O)CCCCC(O)(P(=O)(O)O)P(=O)(O)O.C=CC(=O)Cl.C=CCCCC(=O)NCCOP(=O)(O)OCC(COC(=O)CC)OC(=O)CC.C=CCCCC(=O)O.C=CCCCC(=O)ON1C(=O)CCC1=O.C=CCCCC(=O)ON1C(=O)CCC1=O.CCC(=O)OCC(COP(=O)(O)OCCN)OC(=O)CC.CCN(CC)CC.ClCCl.NCCCC(O)(P(=O)(O)O)P(=O)(O)O.O=C1CCC(=O)N1O. The summed E-state index contributed by atoms with van der Waals surface area (Å²) < 4.78 is 105. The van der Waals surface area contributed by atoms with E-state index < -0.39 is 177 Å². The second kappa shape index (κ2) is 92.5. The van der Waals surface area contributed by atoms with Crippen molar-refractivity contribution in [2.24, 2.45) is 11.5 Å². The summed E-state index contributed by atoms with van der Waals surface area (Å²) in [6.07, 6.45) is 13.0. The van der Waals surface area contributed by atoms with E-state index in [1.165, 1.54) is 19.6 Å². The molecule has 4 atom stereocenters. The molecule has 4 unspecified atom stereocenters. The lowest BCUT2D eigenvalue weighted by atomic mass is 10.1. The van der Waals surface area contributed by atoms with Gasteiger partial charge in [0, 0.05) is 116 Å². The number of nitrogens with two attached hydrogens (primary N) is 2. The Bertz CT molecular complexity index is 4010. The van der Waals surface area contributed by atoms with Crippen molar-refractivity contribution in [3.8, 4) is 0 Å². The Morgan fingerprint density at radius 1 is 0.434 bits per heavy atom. The average Bonchev–Trinajstić information content (AvgIpc) is 0.978. The summed E-state index contributed by atoms with van der Waals surface area (Å²) >= 11 is 14.2. The molecule has 3 rings (SSSR count). The average molecular weight is 2280 g/mol. The number of allylic oxidation sites excluding steroid dienone is 6. The van der Waals surface area contributed by atoms with E-state index in [1.807, 2.05) is 0 Å². The van der Waals surface area contributed by atoms with E-state index in [-0.39, 0.29) is 200 Å². The summed E-state index contributed by atoms with van der Waals surface area (Å²) in [5, 5.41) is 32.0. The van der Waals surface area contributed by atoms with Gasteiger partial charge in [0.15, 0.2) is 18.0 Å². The fourth-order valence-electron chi connectivity index (χ4n) is 8.84. The number of amides is 7. The molecular weight excluding hydrogens is 2120 g/mol. The van der Waals surface area contributed by atoms with Gasteiger partial charge in [-0.1, -0.05) is 108 Å². The number of imide groups is 3. The number of carboxylic acid groups (broad SMARTS) is 1. The number of hydroxylamine groups is 6. The maximum absolute atomic E-state index is 11.9. The van der Waals surface area contributed by atoms with Crippen LogP contribution in [-0.2, 0) is 151 Å². The van der Waals surface area contributed by atoms with E-state index >= 15 is 0 Å². The molecule has 0 spiro atoms. The fourth-order valence-corrected chi connectivity index (χ4v) is 14.9. The van der Waals surface area contributed by atoms with Gasteiger partial charge in [-0.25, -0.2) is 18.7 Å². The van der Waals surface area contributed by atoms with Crippen LogP contribution in [0.4, 0.5) is 0 Å². The number of carbonyl (C=O) groups is 16. The number of hydrogen-bond acceptors (Lipinski definition) is 38. The number of unbranched alkanes of at least 4 members (excludes halogenated alkanes) is 5. The first-order valence-electron chi connectivity index (χ1n) is 43.3. The zero-order valence-electron chi connectivity index (χ0n) is 80.4. The van der Waals surface area contributed by atoms with Crippen molar-refractivity contribution in [3.63, 3.8) is 0 Å².